The van der Waals surface area contributed by atoms with Crippen LogP contribution in [0.1, 0.15) is 42.6 Å². The van der Waals surface area contributed by atoms with Crippen molar-refractivity contribution in [3.8, 4) is 11.3 Å². The highest BCUT2D eigenvalue weighted by molar-refractivity contribution is 5.92. The Morgan fingerprint density at radius 2 is 2.06 bits per heavy atom. The van der Waals surface area contributed by atoms with Crippen molar-refractivity contribution in [1.82, 2.24) is 24.5 Å². The minimum absolute atomic E-state index is 0.0980. The molecule has 4 aromatic rings. The molecule has 7 nitrogen and oxygen atoms in total. The number of morpholine rings is 1. The van der Waals surface area contributed by atoms with Crippen molar-refractivity contribution in [2.24, 2.45) is 0 Å². The third-order valence-electron chi connectivity index (χ3n) is 6.89. The molecule has 0 amide bonds. The second kappa shape index (κ2) is 7.69. The predicted molar refractivity (Wildman–Crippen MR) is 124 cm³/mol. The minimum Gasteiger partial charge on any atom is -0.378 e. The van der Waals surface area contributed by atoms with Crippen LogP contribution in [0.25, 0.3) is 27.8 Å². The topological polar surface area (TPSA) is 67.7 Å². The third kappa shape index (κ3) is 3.23. The number of nitrogens with zero attached hydrogens (tertiary/aromatic N) is 4. The van der Waals surface area contributed by atoms with Gasteiger partial charge >= 0.3 is 0 Å². The zero-order chi connectivity index (χ0) is 21.8. The van der Waals surface area contributed by atoms with E-state index in [1.807, 2.05) is 4.52 Å². The maximum atomic E-state index is 6.20. The number of nitrogens with one attached hydrogen (secondary N) is 1. The van der Waals surface area contributed by atoms with E-state index in [2.05, 4.69) is 71.2 Å². The van der Waals surface area contributed by atoms with Gasteiger partial charge in [0, 0.05) is 35.8 Å². The maximum absolute atomic E-state index is 6.20. The average Bonchev–Trinajstić information content (AvgIpc) is 3.37. The Labute approximate surface area is 187 Å². The van der Waals surface area contributed by atoms with E-state index >= 15 is 0 Å². The second-order valence-electron chi connectivity index (χ2n) is 9.36. The summed E-state index contributed by atoms with van der Waals surface area (Å²) in [4.78, 5) is 10.6. The van der Waals surface area contributed by atoms with Gasteiger partial charge in [0.15, 0.2) is 5.65 Å². The molecular weight excluding hydrogens is 402 g/mol. The molecule has 32 heavy (non-hydrogen) atoms. The van der Waals surface area contributed by atoms with Crippen molar-refractivity contribution in [3.63, 3.8) is 0 Å². The molecule has 3 aromatic heterocycles. The van der Waals surface area contributed by atoms with E-state index in [0.29, 0.717) is 12.0 Å². The van der Waals surface area contributed by atoms with E-state index in [0.717, 1.165) is 60.9 Å². The molecule has 2 fully saturated rings. The minimum atomic E-state index is 0.0980. The van der Waals surface area contributed by atoms with Gasteiger partial charge in [-0.1, -0.05) is 19.9 Å². The van der Waals surface area contributed by atoms with Crippen LogP contribution in [-0.4, -0.2) is 63.4 Å². The molecule has 0 bridgehead atoms. The molecule has 2 saturated heterocycles. The first-order valence-corrected chi connectivity index (χ1v) is 11.5. The highest BCUT2D eigenvalue weighted by Crippen LogP contribution is 2.38. The summed E-state index contributed by atoms with van der Waals surface area (Å²) in [6.45, 7) is 11.0. The van der Waals surface area contributed by atoms with Crippen molar-refractivity contribution in [1.29, 1.82) is 0 Å². The number of rotatable bonds is 4. The predicted octanol–water partition coefficient (Wildman–Crippen LogP) is 4.08. The molecule has 2 aliphatic heterocycles. The zero-order valence-electron chi connectivity index (χ0n) is 18.8. The Hall–Kier alpha value is -2.74. The van der Waals surface area contributed by atoms with Crippen LogP contribution in [0.3, 0.4) is 0 Å². The highest BCUT2D eigenvalue weighted by atomic mass is 16.5. The molecular formula is C25H29N5O2. The van der Waals surface area contributed by atoms with Gasteiger partial charge in [-0.25, -0.2) is 9.50 Å². The Kier molecular flexibility index (Phi) is 4.78. The summed E-state index contributed by atoms with van der Waals surface area (Å²) in [5.41, 5.74) is 8.04. The summed E-state index contributed by atoms with van der Waals surface area (Å²) < 4.78 is 13.5. The first-order chi connectivity index (χ1) is 15.6. The number of hydrogen-bond acceptors (Lipinski definition) is 5. The van der Waals surface area contributed by atoms with Crippen molar-refractivity contribution in [2.45, 2.75) is 38.8 Å². The number of aryl methyl sites for hydroxylation is 1. The SMILES string of the molecule is Cc1cc(-c2[nH]c3ccc(C4CN(C5COC5)CCO4)cc3c2C(C)C)cn2ncnc12. The van der Waals surface area contributed by atoms with Crippen molar-refractivity contribution in [3.05, 3.63) is 53.5 Å². The molecule has 0 aliphatic carbocycles. The normalized spacial score (nSPS) is 20.4. The lowest BCUT2D eigenvalue weighted by Gasteiger charge is -2.42. The van der Waals surface area contributed by atoms with Crippen LogP contribution in [0.5, 0.6) is 0 Å². The molecule has 166 valence electrons. The van der Waals surface area contributed by atoms with Crippen LogP contribution < -0.4 is 0 Å². The fourth-order valence-electron chi connectivity index (χ4n) is 5.13. The lowest BCUT2D eigenvalue weighted by atomic mass is 9.94. The largest absolute Gasteiger partial charge is 0.378 e. The summed E-state index contributed by atoms with van der Waals surface area (Å²) in [6, 6.07) is 9.49. The summed E-state index contributed by atoms with van der Waals surface area (Å²) in [6.07, 6.45) is 3.77. The van der Waals surface area contributed by atoms with Gasteiger partial charge in [0.25, 0.3) is 0 Å². The van der Waals surface area contributed by atoms with Crippen molar-refractivity contribution in [2.75, 3.05) is 32.9 Å². The molecule has 5 heterocycles. The maximum Gasteiger partial charge on any atom is 0.158 e. The van der Waals surface area contributed by atoms with Crippen LogP contribution in [0, 0.1) is 6.92 Å². The van der Waals surface area contributed by atoms with Gasteiger partial charge in [-0.3, -0.25) is 4.90 Å². The van der Waals surface area contributed by atoms with E-state index in [9.17, 15) is 0 Å². The molecule has 1 unspecified atom stereocenters. The summed E-state index contributed by atoms with van der Waals surface area (Å²) in [5.74, 6) is 0.372. The Morgan fingerprint density at radius 3 is 2.84 bits per heavy atom. The summed E-state index contributed by atoms with van der Waals surface area (Å²) in [5, 5.41) is 5.64. The Balaban J connectivity index is 1.42. The van der Waals surface area contributed by atoms with Gasteiger partial charge in [0.1, 0.15) is 6.33 Å². The van der Waals surface area contributed by atoms with Gasteiger partial charge < -0.3 is 14.5 Å². The van der Waals surface area contributed by atoms with Crippen LogP contribution in [0.4, 0.5) is 0 Å². The van der Waals surface area contributed by atoms with Crippen LogP contribution in [0.15, 0.2) is 36.8 Å². The highest BCUT2D eigenvalue weighted by Gasteiger charge is 2.31. The number of ether oxygens (including phenoxy) is 2. The molecule has 7 heteroatoms. The lowest BCUT2D eigenvalue weighted by Crippen LogP contribution is -2.53. The molecule has 0 saturated carbocycles. The first kappa shape index (κ1) is 19.9. The summed E-state index contributed by atoms with van der Waals surface area (Å²) >= 11 is 0. The number of benzene rings is 1. The number of H-pyrrole nitrogens is 1. The van der Waals surface area contributed by atoms with Gasteiger partial charge in [0.2, 0.25) is 0 Å². The Morgan fingerprint density at radius 1 is 1.19 bits per heavy atom. The van der Waals surface area contributed by atoms with Crippen molar-refractivity contribution >= 4 is 16.6 Å². The van der Waals surface area contributed by atoms with Gasteiger partial charge in [0.05, 0.1) is 37.7 Å². The number of aromatic nitrogens is 4. The molecule has 0 radical (unpaired) electrons. The summed E-state index contributed by atoms with van der Waals surface area (Å²) in [7, 11) is 0. The number of pyridine rings is 1. The van der Waals surface area contributed by atoms with Gasteiger partial charge in [-0.05, 0) is 47.7 Å². The quantitative estimate of drug-likeness (QED) is 0.527. The average molecular weight is 432 g/mol. The third-order valence-corrected chi connectivity index (χ3v) is 6.89. The molecule has 6 rings (SSSR count). The first-order valence-electron chi connectivity index (χ1n) is 11.5. The molecule has 1 N–H and O–H groups in total. The monoisotopic (exact) mass is 431 g/mol. The van der Waals surface area contributed by atoms with Gasteiger partial charge in [-0.15, -0.1) is 0 Å². The van der Waals surface area contributed by atoms with E-state index in [-0.39, 0.29) is 6.10 Å². The number of aromatic amines is 1. The number of hydrogen-bond donors (Lipinski definition) is 1. The molecule has 0 spiro atoms. The van der Waals surface area contributed by atoms with E-state index in [1.165, 1.54) is 16.5 Å². The van der Waals surface area contributed by atoms with Crippen molar-refractivity contribution < 1.29 is 9.47 Å². The van der Waals surface area contributed by atoms with Gasteiger partial charge in [-0.2, -0.15) is 5.10 Å². The van der Waals surface area contributed by atoms with Crippen LogP contribution in [0.2, 0.25) is 0 Å². The van der Waals surface area contributed by atoms with Crippen LogP contribution >= 0.6 is 0 Å². The zero-order valence-corrected chi connectivity index (χ0v) is 18.8. The molecule has 2 aliphatic rings. The van der Waals surface area contributed by atoms with E-state index in [1.54, 1.807) is 6.33 Å². The fraction of sp³-hybridized carbons (Fsp3) is 0.440. The van der Waals surface area contributed by atoms with E-state index < -0.39 is 0 Å². The lowest BCUT2D eigenvalue weighted by molar-refractivity contribution is -0.115. The van der Waals surface area contributed by atoms with E-state index in [4.69, 9.17) is 9.47 Å². The smallest absolute Gasteiger partial charge is 0.158 e. The molecule has 1 aromatic carbocycles. The standard InChI is InChI=1S/C25H29N5O2/c1-15(2)23-20-9-17(22-11-29(6-7-32-22)19-12-31-13-19)4-5-21(20)28-24(23)18-8-16(3)25-26-14-27-30(25)10-18/h4-5,8-10,14-15,19,22,28H,6-7,11-13H2,1-3H3. The Bertz CT molecular complexity index is 1290. The van der Waals surface area contributed by atoms with Crippen LogP contribution in [-0.2, 0) is 9.47 Å². The second-order valence-corrected chi connectivity index (χ2v) is 9.36. The fourth-order valence-corrected chi connectivity index (χ4v) is 5.13. The molecule has 1 atom stereocenters. The number of fused-ring (bicyclic) bond motifs is 2.